The van der Waals surface area contributed by atoms with E-state index in [9.17, 15) is 0 Å². The molecule has 3 N–H and O–H groups in total. The van der Waals surface area contributed by atoms with Gasteiger partial charge in [0, 0.05) is 16.9 Å². The molecule has 0 aliphatic carbocycles. The topological polar surface area (TPSA) is 54.7 Å². The third kappa shape index (κ3) is 2.62. The molecule has 0 radical (unpaired) electrons. The average Bonchev–Trinajstić information content (AvgIpc) is 2.90. The summed E-state index contributed by atoms with van der Waals surface area (Å²) in [7, 11) is 0. The Hall–Kier alpha value is -1.65. The average molecular weight is 330 g/mol. The number of nitrogens with two attached hydrogens (primary N) is 1. The number of H-pyrrole nitrogens is 1. The first-order valence-electron chi connectivity index (χ1n) is 6.66. The quantitative estimate of drug-likeness (QED) is 0.768. The van der Waals surface area contributed by atoms with Crippen LogP contribution in [0.25, 0.3) is 11.0 Å². The van der Waals surface area contributed by atoms with Crippen LogP contribution in [0.15, 0.2) is 53.0 Å². The van der Waals surface area contributed by atoms with Gasteiger partial charge in [-0.25, -0.2) is 4.98 Å². The van der Waals surface area contributed by atoms with Gasteiger partial charge in [-0.3, -0.25) is 0 Å². The highest BCUT2D eigenvalue weighted by molar-refractivity contribution is 9.10. The molecule has 0 amide bonds. The fourth-order valence-corrected chi connectivity index (χ4v) is 2.83. The van der Waals surface area contributed by atoms with E-state index in [1.54, 1.807) is 0 Å². The number of nitrogens with zero attached hydrogens (tertiary/aromatic N) is 1. The van der Waals surface area contributed by atoms with Crippen LogP contribution in [0.3, 0.4) is 0 Å². The second-order valence-corrected chi connectivity index (χ2v) is 5.72. The Morgan fingerprint density at radius 2 is 1.85 bits per heavy atom. The van der Waals surface area contributed by atoms with Gasteiger partial charge in [0.25, 0.3) is 0 Å². The molecule has 102 valence electrons. The van der Waals surface area contributed by atoms with Gasteiger partial charge in [-0.2, -0.15) is 0 Å². The number of aromatic nitrogens is 2. The van der Waals surface area contributed by atoms with Crippen LogP contribution < -0.4 is 5.73 Å². The summed E-state index contributed by atoms with van der Waals surface area (Å²) in [6.07, 6.45) is 0.873. The molecule has 1 heterocycles. The van der Waals surface area contributed by atoms with Crippen LogP contribution in [-0.2, 0) is 6.42 Å². The first-order valence-corrected chi connectivity index (χ1v) is 7.45. The Morgan fingerprint density at radius 3 is 2.60 bits per heavy atom. The Morgan fingerprint density at radius 1 is 1.10 bits per heavy atom. The molecule has 0 saturated heterocycles. The van der Waals surface area contributed by atoms with Crippen LogP contribution >= 0.6 is 15.9 Å². The summed E-state index contributed by atoms with van der Waals surface area (Å²) in [5.74, 6) is 1.16. The molecule has 3 rings (SSSR count). The second kappa shape index (κ2) is 5.77. The number of halogens is 1. The monoisotopic (exact) mass is 329 g/mol. The SMILES string of the molecule is NCC(Cc1ccccc1Br)c1nc2ccccc2[nH]1. The Kier molecular flexibility index (Phi) is 3.85. The van der Waals surface area contributed by atoms with E-state index in [-0.39, 0.29) is 5.92 Å². The lowest BCUT2D eigenvalue weighted by atomic mass is 9.99. The molecule has 2 aromatic carbocycles. The Labute approximate surface area is 126 Å². The summed E-state index contributed by atoms with van der Waals surface area (Å²) in [6, 6.07) is 16.3. The predicted molar refractivity (Wildman–Crippen MR) is 85.7 cm³/mol. The molecule has 0 bridgehead atoms. The number of aromatic amines is 1. The lowest BCUT2D eigenvalue weighted by molar-refractivity contribution is 0.657. The second-order valence-electron chi connectivity index (χ2n) is 4.87. The molecule has 0 aliphatic heterocycles. The minimum atomic E-state index is 0.195. The molecule has 1 aromatic heterocycles. The summed E-state index contributed by atoms with van der Waals surface area (Å²) in [6.45, 7) is 0.571. The molecule has 3 aromatic rings. The van der Waals surface area contributed by atoms with Crippen molar-refractivity contribution in [1.29, 1.82) is 0 Å². The van der Waals surface area contributed by atoms with Crippen LogP contribution in [0.1, 0.15) is 17.3 Å². The van der Waals surface area contributed by atoms with Crippen molar-refractivity contribution in [2.75, 3.05) is 6.54 Å². The molecule has 3 nitrogen and oxygen atoms in total. The number of para-hydroxylation sites is 2. The lowest BCUT2D eigenvalue weighted by Gasteiger charge is -2.13. The molecular weight excluding hydrogens is 314 g/mol. The molecule has 20 heavy (non-hydrogen) atoms. The third-order valence-corrected chi connectivity index (χ3v) is 4.28. The number of nitrogens with one attached hydrogen (secondary N) is 1. The predicted octanol–water partition coefficient (Wildman–Crippen LogP) is 3.61. The normalized spacial score (nSPS) is 12.7. The van der Waals surface area contributed by atoms with Crippen molar-refractivity contribution in [2.24, 2.45) is 5.73 Å². The zero-order chi connectivity index (χ0) is 13.9. The smallest absolute Gasteiger partial charge is 0.111 e. The van der Waals surface area contributed by atoms with Gasteiger partial charge >= 0.3 is 0 Å². The Balaban J connectivity index is 1.91. The van der Waals surface area contributed by atoms with E-state index in [0.29, 0.717) is 6.54 Å². The molecule has 0 fully saturated rings. The highest BCUT2D eigenvalue weighted by Gasteiger charge is 2.16. The number of hydrogen-bond acceptors (Lipinski definition) is 2. The van der Waals surface area contributed by atoms with Crippen LogP contribution in [-0.4, -0.2) is 16.5 Å². The zero-order valence-corrected chi connectivity index (χ0v) is 12.6. The van der Waals surface area contributed by atoms with Crippen LogP contribution in [0.5, 0.6) is 0 Å². The summed E-state index contributed by atoms with van der Waals surface area (Å²) in [5.41, 5.74) is 9.26. The fourth-order valence-electron chi connectivity index (χ4n) is 2.39. The van der Waals surface area contributed by atoms with Gasteiger partial charge in [-0.1, -0.05) is 46.3 Å². The summed E-state index contributed by atoms with van der Waals surface area (Å²) in [5, 5.41) is 0. The van der Waals surface area contributed by atoms with Gasteiger partial charge in [-0.15, -0.1) is 0 Å². The molecule has 1 atom stereocenters. The van der Waals surface area contributed by atoms with Gasteiger partial charge in [-0.05, 0) is 30.2 Å². The van der Waals surface area contributed by atoms with Crippen molar-refractivity contribution >= 4 is 27.0 Å². The first-order chi connectivity index (χ1) is 9.78. The van der Waals surface area contributed by atoms with Crippen molar-refractivity contribution in [1.82, 2.24) is 9.97 Å². The number of rotatable bonds is 4. The number of imidazole rings is 1. The molecule has 4 heteroatoms. The van der Waals surface area contributed by atoms with E-state index < -0.39 is 0 Å². The standard InChI is InChI=1S/C16H16BrN3/c17-13-6-2-1-5-11(13)9-12(10-18)16-19-14-7-3-4-8-15(14)20-16/h1-8,12H,9-10,18H2,(H,19,20). The molecule has 1 unspecified atom stereocenters. The first kappa shape index (κ1) is 13.3. The maximum atomic E-state index is 5.95. The third-order valence-electron chi connectivity index (χ3n) is 3.50. The van der Waals surface area contributed by atoms with E-state index >= 15 is 0 Å². The van der Waals surface area contributed by atoms with Crippen LogP contribution in [0.2, 0.25) is 0 Å². The highest BCUT2D eigenvalue weighted by Crippen LogP contribution is 2.24. The Bertz CT molecular complexity index is 687. The maximum absolute atomic E-state index is 5.95. The van der Waals surface area contributed by atoms with Crippen LogP contribution in [0, 0.1) is 0 Å². The van der Waals surface area contributed by atoms with E-state index in [4.69, 9.17) is 5.73 Å². The zero-order valence-electron chi connectivity index (χ0n) is 11.0. The van der Waals surface area contributed by atoms with Crippen molar-refractivity contribution in [3.05, 3.63) is 64.4 Å². The molecular formula is C16H16BrN3. The van der Waals surface area contributed by atoms with Gasteiger partial charge in [0.1, 0.15) is 5.82 Å². The minimum absolute atomic E-state index is 0.195. The van der Waals surface area contributed by atoms with E-state index in [2.05, 4.69) is 38.0 Å². The summed E-state index contributed by atoms with van der Waals surface area (Å²) >= 11 is 3.59. The van der Waals surface area contributed by atoms with E-state index in [0.717, 1.165) is 27.8 Å². The van der Waals surface area contributed by atoms with Gasteiger partial charge in [0.05, 0.1) is 11.0 Å². The van der Waals surface area contributed by atoms with Gasteiger partial charge < -0.3 is 10.7 Å². The summed E-state index contributed by atoms with van der Waals surface area (Å²) < 4.78 is 1.12. The highest BCUT2D eigenvalue weighted by atomic mass is 79.9. The van der Waals surface area contributed by atoms with E-state index in [1.807, 2.05) is 36.4 Å². The van der Waals surface area contributed by atoms with Crippen molar-refractivity contribution in [3.8, 4) is 0 Å². The number of benzene rings is 2. The fraction of sp³-hybridized carbons (Fsp3) is 0.188. The number of fused-ring (bicyclic) bond motifs is 1. The molecule has 0 spiro atoms. The largest absolute Gasteiger partial charge is 0.342 e. The summed E-state index contributed by atoms with van der Waals surface area (Å²) in [4.78, 5) is 8.04. The van der Waals surface area contributed by atoms with Crippen molar-refractivity contribution in [2.45, 2.75) is 12.3 Å². The minimum Gasteiger partial charge on any atom is -0.342 e. The molecule has 0 saturated carbocycles. The van der Waals surface area contributed by atoms with Gasteiger partial charge in [0.2, 0.25) is 0 Å². The number of hydrogen-bond donors (Lipinski definition) is 2. The van der Waals surface area contributed by atoms with E-state index in [1.165, 1.54) is 5.56 Å². The maximum Gasteiger partial charge on any atom is 0.111 e. The van der Waals surface area contributed by atoms with Crippen molar-refractivity contribution < 1.29 is 0 Å². The lowest BCUT2D eigenvalue weighted by Crippen LogP contribution is -2.16. The van der Waals surface area contributed by atoms with Crippen LogP contribution in [0.4, 0.5) is 0 Å². The molecule has 0 aliphatic rings. The van der Waals surface area contributed by atoms with Crippen molar-refractivity contribution in [3.63, 3.8) is 0 Å². The van der Waals surface area contributed by atoms with Gasteiger partial charge in [0.15, 0.2) is 0 Å².